The quantitative estimate of drug-likeness (QED) is 0.622. The molecule has 2 rings (SSSR count). The second-order valence-corrected chi connectivity index (χ2v) is 7.58. The highest BCUT2D eigenvalue weighted by atomic mass is 16.4. The van der Waals surface area contributed by atoms with Crippen molar-refractivity contribution in [3.05, 3.63) is 70.8 Å². The Morgan fingerprint density at radius 3 is 2.42 bits per heavy atom. The maximum atomic E-state index is 12.7. The first-order chi connectivity index (χ1) is 12.1. The minimum absolute atomic E-state index is 0.0484. The van der Waals surface area contributed by atoms with Crippen LogP contribution in [0, 0.1) is 5.41 Å². The molecule has 1 aliphatic rings. The van der Waals surface area contributed by atoms with Gasteiger partial charge in [-0.1, -0.05) is 50.3 Å². The van der Waals surface area contributed by atoms with Crippen LogP contribution >= 0.6 is 0 Å². The average molecular weight is 354 g/mol. The molecule has 0 fully saturated rings. The van der Waals surface area contributed by atoms with Gasteiger partial charge in [0.1, 0.15) is 5.60 Å². The van der Waals surface area contributed by atoms with E-state index in [0.29, 0.717) is 23.1 Å². The van der Waals surface area contributed by atoms with E-state index in [2.05, 4.69) is 0 Å². The monoisotopic (exact) mass is 354 g/mol. The summed E-state index contributed by atoms with van der Waals surface area (Å²) >= 11 is 0. The van der Waals surface area contributed by atoms with Crippen molar-refractivity contribution in [1.29, 1.82) is 0 Å². The van der Waals surface area contributed by atoms with Gasteiger partial charge in [0.15, 0.2) is 5.78 Å². The molecular formula is C22H26O4. The van der Waals surface area contributed by atoms with Crippen molar-refractivity contribution in [3.8, 4) is 0 Å². The van der Waals surface area contributed by atoms with Crippen molar-refractivity contribution in [2.45, 2.75) is 46.1 Å². The lowest BCUT2D eigenvalue weighted by Crippen LogP contribution is -2.49. The number of hydrogen-bond acceptors (Lipinski definition) is 3. The Hall–Kier alpha value is -2.46. The van der Waals surface area contributed by atoms with Gasteiger partial charge in [-0.25, -0.2) is 4.79 Å². The molecule has 4 heteroatoms. The lowest BCUT2D eigenvalue weighted by atomic mass is 9.62. The molecule has 0 aliphatic heterocycles. The number of allylic oxidation sites excluding steroid dienone is 3. The summed E-state index contributed by atoms with van der Waals surface area (Å²) in [5.41, 5.74) is 0.788. The zero-order chi connectivity index (χ0) is 19.5. The van der Waals surface area contributed by atoms with E-state index in [9.17, 15) is 14.7 Å². The van der Waals surface area contributed by atoms with Crippen LogP contribution in [0.4, 0.5) is 0 Å². The van der Waals surface area contributed by atoms with E-state index in [-0.39, 0.29) is 12.2 Å². The Kier molecular flexibility index (Phi) is 5.67. The van der Waals surface area contributed by atoms with E-state index in [0.717, 1.165) is 11.6 Å². The van der Waals surface area contributed by atoms with E-state index < -0.39 is 17.0 Å². The molecule has 0 spiro atoms. The summed E-state index contributed by atoms with van der Waals surface area (Å²) in [7, 11) is 0. The van der Waals surface area contributed by atoms with Gasteiger partial charge in [0.2, 0.25) is 0 Å². The second-order valence-electron chi connectivity index (χ2n) is 7.58. The molecule has 26 heavy (non-hydrogen) atoms. The number of rotatable bonds is 5. The lowest BCUT2D eigenvalue weighted by molar-refractivity contribution is -0.131. The number of carbonyl (C=O) groups is 2. The van der Waals surface area contributed by atoms with Crippen LogP contribution in [0.25, 0.3) is 0 Å². The maximum absolute atomic E-state index is 12.7. The van der Waals surface area contributed by atoms with Gasteiger partial charge in [0.05, 0.1) is 0 Å². The Morgan fingerprint density at radius 1 is 1.23 bits per heavy atom. The number of aliphatic hydroxyl groups is 1. The molecule has 138 valence electrons. The molecule has 2 N–H and O–H groups in total. The van der Waals surface area contributed by atoms with E-state index in [1.165, 1.54) is 0 Å². The van der Waals surface area contributed by atoms with E-state index in [1.54, 1.807) is 26.0 Å². The summed E-state index contributed by atoms with van der Waals surface area (Å²) < 4.78 is 0. The molecule has 0 radical (unpaired) electrons. The molecule has 0 saturated carbocycles. The van der Waals surface area contributed by atoms with Crippen LogP contribution in [-0.2, 0) is 16.0 Å². The fourth-order valence-corrected chi connectivity index (χ4v) is 3.47. The Balaban J connectivity index is 2.48. The zero-order valence-electron chi connectivity index (χ0n) is 15.7. The molecule has 0 amide bonds. The highest BCUT2D eigenvalue weighted by Crippen LogP contribution is 2.47. The zero-order valence-corrected chi connectivity index (χ0v) is 15.7. The number of carboxylic acid groups (broad SMARTS) is 1. The SMILES string of the molecule is CC1=C(Cc2ccccc2)C(=O)CC(C)(C)[C@@]1(O)/C=C/C(C)=C\C(=O)O. The summed E-state index contributed by atoms with van der Waals surface area (Å²) in [5.74, 6) is -0.985. The number of hydrogen-bond donors (Lipinski definition) is 2. The van der Waals surface area contributed by atoms with Crippen molar-refractivity contribution >= 4 is 11.8 Å². The van der Waals surface area contributed by atoms with Gasteiger partial charge in [-0.3, -0.25) is 4.79 Å². The van der Waals surface area contributed by atoms with Crippen LogP contribution in [0.3, 0.4) is 0 Å². The third-order valence-electron chi connectivity index (χ3n) is 5.16. The Bertz CT molecular complexity index is 797. The largest absolute Gasteiger partial charge is 0.478 e. The minimum atomic E-state index is -1.32. The van der Waals surface area contributed by atoms with Crippen LogP contribution in [0.5, 0.6) is 0 Å². The van der Waals surface area contributed by atoms with Crippen LogP contribution < -0.4 is 0 Å². The molecule has 0 saturated heterocycles. The number of ketones is 1. The Morgan fingerprint density at radius 2 is 1.85 bits per heavy atom. The molecule has 0 unspecified atom stereocenters. The molecule has 1 atom stereocenters. The minimum Gasteiger partial charge on any atom is -0.478 e. The number of benzene rings is 1. The molecule has 0 heterocycles. The number of Topliss-reactive ketones (excluding diaryl/α,β-unsaturated/α-hetero) is 1. The van der Waals surface area contributed by atoms with Crippen LogP contribution in [0.15, 0.2) is 65.3 Å². The van der Waals surface area contributed by atoms with Crippen molar-refractivity contribution < 1.29 is 19.8 Å². The predicted octanol–water partition coefficient (Wildman–Crippen LogP) is 3.86. The highest BCUT2D eigenvalue weighted by molar-refractivity contribution is 5.98. The third-order valence-corrected chi connectivity index (χ3v) is 5.16. The van der Waals surface area contributed by atoms with Gasteiger partial charge in [0.25, 0.3) is 0 Å². The summed E-state index contributed by atoms with van der Waals surface area (Å²) in [6.07, 6.45) is 5.02. The number of carbonyl (C=O) groups excluding carboxylic acids is 1. The van der Waals surface area contributed by atoms with Crippen molar-refractivity contribution in [2.75, 3.05) is 0 Å². The topological polar surface area (TPSA) is 74.6 Å². The average Bonchev–Trinajstić information content (AvgIpc) is 2.55. The lowest BCUT2D eigenvalue weighted by Gasteiger charge is -2.45. The molecule has 1 aromatic carbocycles. The molecular weight excluding hydrogens is 328 g/mol. The van der Waals surface area contributed by atoms with Gasteiger partial charge in [-0.05, 0) is 36.6 Å². The van der Waals surface area contributed by atoms with E-state index in [1.807, 2.05) is 44.2 Å². The van der Waals surface area contributed by atoms with Crippen LogP contribution in [0.1, 0.15) is 39.7 Å². The first-order valence-electron chi connectivity index (χ1n) is 8.67. The van der Waals surface area contributed by atoms with Gasteiger partial charge in [-0.15, -0.1) is 0 Å². The molecule has 4 nitrogen and oxygen atoms in total. The van der Waals surface area contributed by atoms with Crippen LogP contribution in [0.2, 0.25) is 0 Å². The number of carboxylic acids is 1. The van der Waals surface area contributed by atoms with Crippen molar-refractivity contribution in [1.82, 2.24) is 0 Å². The number of aliphatic carboxylic acids is 1. The normalized spacial score (nSPS) is 23.6. The maximum Gasteiger partial charge on any atom is 0.328 e. The second kappa shape index (κ2) is 7.42. The summed E-state index contributed by atoms with van der Waals surface area (Å²) in [6.45, 7) is 7.17. The first kappa shape index (κ1) is 19.9. The highest BCUT2D eigenvalue weighted by Gasteiger charge is 2.49. The first-order valence-corrected chi connectivity index (χ1v) is 8.67. The van der Waals surface area contributed by atoms with Gasteiger partial charge >= 0.3 is 5.97 Å². The third kappa shape index (κ3) is 4.02. The molecule has 0 bridgehead atoms. The fourth-order valence-electron chi connectivity index (χ4n) is 3.47. The van der Waals surface area contributed by atoms with Crippen LogP contribution in [-0.4, -0.2) is 27.6 Å². The van der Waals surface area contributed by atoms with E-state index >= 15 is 0 Å². The Labute approximate surface area is 154 Å². The van der Waals surface area contributed by atoms with Gasteiger partial charge < -0.3 is 10.2 Å². The smallest absolute Gasteiger partial charge is 0.328 e. The van der Waals surface area contributed by atoms with Gasteiger partial charge in [0, 0.05) is 29.9 Å². The summed E-state index contributed by atoms with van der Waals surface area (Å²) in [5, 5.41) is 20.3. The molecule has 1 aromatic rings. The molecule has 1 aliphatic carbocycles. The predicted molar refractivity (Wildman–Crippen MR) is 102 cm³/mol. The van der Waals surface area contributed by atoms with E-state index in [4.69, 9.17) is 5.11 Å². The summed E-state index contributed by atoms with van der Waals surface area (Å²) in [4.78, 5) is 23.5. The van der Waals surface area contributed by atoms with Crippen molar-refractivity contribution in [3.63, 3.8) is 0 Å². The van der Waals surface area contributed by atoms with Gasteiger partial charge in [-0.2, -0.15) is 0 Å². The summed E-state index contributed by atoms with van der Waals surface area (Å²) in [6, 6.07) is 9.69. The standard InChI is InChI=1S/C22H26O4/c1-15(12-20(24)25)10-11-22(26)16(2)18(19(23)14-21(22,3)4)13-17-8-6-5-7-9-17/h5-12,26H,13-14H2,1-4H3,(H,24,25)/b11-10+,15-12-/t22-/m1/s1. The fraction of sp³-hybridized carbons (Fsp3) is 0.364. The van der Waals surface area contributed by atoms with Crippen molar-refractivity contribution in [2.24, 2.45) is 5.41 Å². The molecule has 0 aromatic heterocycles.